The molecule has 0 radical (unpaired) electrons. The fraction of sp³-hybridized carbons (Fsp3) is 0.211. The molecule has 2 aromatic heterocycles. The number of fused-ring (bicyclic) bond motifs is 1. The van der Waals surface area contributed by atoms with Gasteiger partial charge in [-0.1, -0.05) is 24.3 Å². The van der Waals surface area contributed by atoms with Crippen molar-refractivity contribution in [3.05, 3.63) is 66.0 Å². The Hall–Kier alpha value is -2.95. The summed E-state index contributed by atoms with van der Waals surface area (Å²) in [5.74, 6) is 0.132. The Kier molecular flexibility index (Phi) is 4.70. The SMILES string of the molecule is CC(C)OC(=O)c1cccnc1NCc1cccc2cccnc12. The van der Waals surface area contributed by atoms with Crippen LogP contribution >= 0.6 is 0 Å². The van der Waals surface area contributed by atoms with E-state index >= 15 is 0 Å². The number of rotatable bonds is 5. The molecule has 0 saturated carbocycles. The second-order valence-corrected chi connectivity index (χ2v) is 5.70. The van der Waals surface area contributed by atoms with Crippen molar-refractivity contribution in [2.45, 2.75) is 26.5 Å². The van der Waals surface area contributed by atoms with E-state index < -0.39 is 0 Å². The molecule has 24 heavy (non-hydrogen) atoms. The van der Waals surface area contributed by atoms with Gasteiger partial charge in [-0.05, 0) is 37.6 Å². The van der Waals surface area contributed by atoms with Gasteiger partial charge in [0.05, 0.1) is 11.6 Å². The molecule has 5 heteroatoms. The summed E-state index contributed by atoms with van der Waals surface area (Å²) in [6, 6.07) is 13.4. The highest BCUT2D eigenvalue weighted by atomic mass is 16.5. The number of hydrogen-bond acceptors (Lipinski definition) is 5. The van der Waals surface area contributed by atoms with Gasteiger partial charge in [0.2, 0.25) is 0 Å². The van der Waals surface area contributed by atoms with Crippen molar-refractivity contribution in [3.63, 3.8) is 0 Å². The van der Waals surface area contributed by atoms with E-state index in [1.165, 1.54) is 0 Å². The minimum atomic E-state index is -0.378. The highest BCUT2D eigenvalue weighted by Gasteiger charge is 2.15. The molecule has 1 N–H and O–H groups in total. The first kappa shape index (κ1) is 15.9. The van der Waals surface area contributed by atoms with Gasteiger partial charge in [0.15, 0.2) is 0 Å². The normalized spacial score (nSPS) is 10.8. The maximum atomic E-state index is 12.2. The van der Waals surface area contributed by atoms with Gasteiger partial charge in [-0.2, -0.15) is 0 Å². The first-order valence-corrected chi connectivity index (χ1v) is 7.87. The fourth-order valence-electron chi connectivity index (χ4n) is 2.48. The summed E-state index contributed by atoms with van der Waals surface area (Å²) < 4.78 is 5.27. The van der Waals surface area contributed by atoms with Crippen LogP contribution in [0.25, 0.3) is 10.9 Å². The van der Waals surface area contributed by atoms with E-state index in [9.17, 15) is 4.79 Å². The minimum Gasteiger partial charge on any atom is -0.459 e. The number of benzene rings is 1. The van der Waals surface area contributed by atoms with Crippen molar-refractivity contribution in [2.75, 3.05) is 5.32 Å². The first-order valence-electron chi connectivity index (χ1n) is 7.87. The molecule has 0 aliphatic rings. The van der Waals surface area contributed by atoms with Crippen molar-refractivity contribution in [3.8, 4) is 0 Å². The van der Waals surface area contributed by atoms with Gasteiger partial charge in [-0.15, -0.1) is 0 Å². The van der Waals surface area contributed by atoms with Crippen LogP contribution in [0.4, 0.5) is 5.82 Å². The highest BCUT2D eigenvalue weighted by molar-refractivity contribution is 5.94. The number of esters is 1. The standard InChI is InChI=1S/C19H19N3O2/c1-13(2)24-19(23)16-9-5-11-21-18(16)22-12-15-7-3-6-14-8-4-10-20-17(14)15/h3-11,13H,12H2,1-2H3,(H,21,22). The number of carbonyl (C=O) groups excluding carboxylic acids is 1. The zero-order chi connectivity index (χ0) is 16.9. The third kappa shape index (κ3) is 3.51. The van der Waals surface area contributed by atoms with Crippen LogP contribution in [0, 0.1) is 0 Å². The van der Waals surface area contributed by atoms with Crippen molar-refractivity contribution >= 4 is 22.7 Å². The number of ether oxygens (including phenoxy) is 1. The van der Waals surface area contributed by atoms with E-state index in [0.717, 1.165) is 16.5 Å². The molecule has 3 aromatic rings. The second kappa shape index (κ2) is 7.08. The predicted octanol–water partition coefficient (Wildman–Crippen LogP) is 3.81. The molecule has 0 atom stereocenters. The van der Waals surface area contributed by atoms with E-state index in [1.807, 2.05) is 44.2 Å². The second-order valence-electron chi connectivity index (χ2n) is 5.70. The van der Waals surface area contributed by atoms with Crippen LogP contribution in [0.3, 0.4) is 0 Å². The molecule has 1 aromatic carbocycles. The van der Waals surface area contributed by atoms with Crippen molar-refractivity contribution < 1.29 is 9.53 Å². The topological polar surface area (TPSA) is 64.1 Å². The van der Waals surface area contributed by atoms with Gasteiger partial charge in [0, 0.05) is 24.3 Å². The van der Waals surface area contributed by atoms with Crippen LogP contribution < -0.4 is 5.32 Å². The molecule has 122 valence electrons. The number of pyridine rings is 2. The monoisotopic (exact) mass is 321 g/mol. The zero-order valence-corrected chi connectivity index (χ0v) is 13.7. The Morgan fingerprint density at radius 1 is 1.08 bits per heavy atom. The summed E-state index contributed by atoms with van der Waals surface area (Å²) in [6.45, 7) is 4.17. The average molecular weight is 321 g/mol. The van der Waals surface area contributed by atoms with Gasteiger partial charge < -0.3 is 10.1 Å². The van der Waals surface area contributed by atoms with Gasteiger partial charge in [0.1, 0.15) is 11.4 Å². The number of nitrogens with zero attached hydrogens (tertiary/aromatic N) is 2. The van der Waals surface area contributed by atoms with Gasteiger partial charge in [-0.25, -0.2) is 9.78 Å². The number of hydrogen-bond donors (Lipinski definition) is 1. The molecule has 0 spiro atoms. The van der Waals surface area contributed by atoms with E-state index in [4.69, 9.17) is 4.74 Å². The van der Waals surface area contributed by atoms with E-state index in [2.05, 4.69) is 15.3 Å². The molecule has 0 bridgehead atoms. The van der Waals surface area contributed by atoms with E-state index in [0.29, 0.717) is 17.9 Å². The van der Waals surface area contributed by atoms with Crippen molar-refractivity contribution in [2.24, 2.45) is 0 Å². The quantitative estimate of drug-likeness (QED) is 0.724. The lowest BCUT2D eigenvalue weighted by atomic mass is 10.1. The lowest BCUT2D eigenvalue weighted by Crippen LogP contribution is -2.15. The summed E-state index contributed by atoms with van der Waals surface area (Å²) in [5.41, 5.74) is 2.41. The molecule has 0 amide bonds. The number of carbonyl (C=O) groups is 1. The first-order chi connectivity index (χ1) is 11.6. The molecule has 0 aliphatic heterocycles. The van der Waals surface area contributed by atoms with Gasteiger partial charge in [0.25, 0.3) is 0 Å². The van der Waals surface area contributed by atoms with Crippen LogP contribution in [0.5, 0.6) is 0 Å². The van der Waals surface area contributed by atoms with Gasteiger partial charge in [-0.3, -0.25) is 4.98 Å². The maximum Gasteiger partial charge on any atom is 0.342 e. The fourth-order valence-corrected chi connectivity index (χ4v) is 2.48. The largest absolute Gasteiger partial charge is 0.459 e. The molecular weight excluding hydrogens is 302 g/mol. The molecule has 0 fully saturated rings. The maximum absolute atomic E-state index is 12.2. The van der Waals surface area contributed by atoms with E-state index in [-0.39, 0.29) is 12.1 Å². The Morgan fingerprint density at radius 3 is 2.67 bits per heavy atom. The smallest absolute Gasteiger partial charge is 0.342 e. The summed E-state index contributed by atoms with van der Waals surface area (Å²) >= 11 is 0. The van der Waals surface area contributed by atoms with E-state index in [1.54, 1.807) is 24.5 Å². The van der Waals surface area contributed by atoms with Crippen LogP contribution in [0.15, 0.2) is 54.9 Å². The molecule has 0 unspecified atom stereocenters. The predicted molar refractivity (Wildman–Crippen MR) is 93.9 cm³/mol. The van der Waals surface area contributed by atoms with Gasteiger partial charge >= 0.3 is 5.97 Å². The number of nitrogens with one attached hydrogen (secondary N) is 1. The van der Waals surface area contributed by atoms with Crippen LogP contribution in [-0.2, 0) is 11.3 Å². The summed E-state index contributed by atoms with van der Waals surface area (Å²) in [4.78, 5) is 20.9. The van der Waals surface area contributed by atoms with Crippen molar-refractivity contribution in [1.29, 1.82) is 0 Å². The minimum absolute atomic E-state index is 0.173. The Balaban J connectivity index is 1.83. The van der Waals surface area contributed by atoms with Crippen LogP contribution in [-0.4, -0.2) is 22.0 Å². The Morgan fingerprint density at radius 2 is 1.83 bits per heavy atom. The summed E-state index contributed by atoms with van der Waals surface area (Å²) in [7, 11) is 0. The number of para-hydroxylation sites is 1. The molecule has 0 aliphatic carbocycles. The molecule has 2 heterocycles. The number of aromatic nitrogens is 2. The lowest BCUT2D eigenvalue weighted by molar-refractivity contribution is 0.0378. The third-order valence-corrected chi connectivity index (χ3v) is 3.53. The molecule has 5 nitrogen and oxygen atoms in total. The summed E-state index contributed by atoms with van der Waals surface area (Å²) in [6.07, 6.45) is 3.25. The lowest BCUT2D eigenvalue weighted by Gasteiger charge is -2.13. The van der Waals surface area contributed by atoms with Crippen LogP contribution in [0.2, 0.25) is 0 Å². The molecule has 3 rings (SSSR count). The zero-order valence-electron chi connectivity index (χ0n) is 13.7. The average Bonchev–Trinajstić information content (AvgIpc) is 2.59. The summed E-state index contributed by atoms with van der Waals surface area (Å²) in [5, 5.41) is 4.30. The van der Waals surface area contributed by atoms with Crippen LogP contribution in [0.1, 0.15) is 29.8 Å². The molecular formula is C19H19N3O2. The third-order valence-electron chi connectivity index (χ3n) is 3.53. The van der Waals surface area contributed by atoms with Crippen molar-refractivity contribution in [1.82, 2.24) is 9.97 Å². The molecule has 0 saturated heterocycles. The Bertz CT molecular complexity index is 857. The Labute approximate surface area is 140 Å². The highest BCUT2D eigenvalue weighted by Crippen LogP contribution is 2.19. The number of anilines is 1.